The Morgan fingerprint density at radius 2 is 0.589 bits per heavy atom. The summed E-state index contributed by atoms with van der Waals surface area (Å²) in [4.78, 5) is 28.1. The van der Waals surface area contributed by atoms with Gasteiger partial charge in [0.2, 0.25) is 0 Å². The molecule has 4 heterocycles. The van der Waals surface area contributed by atoms with Gasteiger partial charge in [0.25, 0.3) is 0 Å². The second-order valence-electron chi connectivity index (χ2n) is 26.4. The Labute approximate surface area is 542 Å². The van der Waals surface area contributed by atoms with Crippen molar-refractivity contribution in [2.24, 2.45) is 0 Å². The number of aliphatic hydroxyl groups excluding tert-OH is 2. The van der Waals surface area contributed by atoms with Gasteiger partial charge in [0.15, 0.2) is 35.4 Å². The van der Waals surface area contributed by atoms with Gasteiger partial charge in [-0.15, -0.1) is 46.4 Å². The van der Waals surface area contributed by atoms with Crippen LogP contribution >= 0.6 is 46.4 Å². The van der Waals surface area contributed by atoms with Crippen LogP contribution in [0.15, 0.2) is 109 Å². The van der Waals surface area contributed by atoms with Crippen molar-refractivity contribution in [1.29, 1.82) is 0 Å². The molecular weight excluding hydrogens is 1230 g/mol. The zero-order valence-electron chi connectivity index (χ0n) is 50.2. The van der Waals surface area contributed by atoms with Crippen molar-refractivity contribution in [3.05, 3.63) is 120 Å². The van der Waals surface area contributed by atoms with E-state index in [0.29, 0.717) is 11.1 Å². The number of ether oxygens (including phenoxy) is 10. The molecule has 10 fully saturated rings. The van der Waals surface area contributed by atoms with Gasteiger partial charge >= 0.3 is 11.9 Å². The van der Waals surface area contributed by atoms with E-state index in [1.807, 2.05) is 36.4 Å². The second kappa shape index (κ2) is 25.0. The molecule has 10 aliphatic rings. The molecular formula is C72H76Cl4O14. The Morgan fingerprint density at radius 1 is 0.344 bits per heavy atom. The molecule has 12 atom stereocenters. The molecule has 2 N–H and O–H groups in total. The third-order valence-electron chi connectivity index (χ3n) is 21.2. The third kappa shape index (κ3) is 10.8. The Bertz CT molecular complexity index is 3610. The zero-order chi connectivity index (χ0) is 61.5. The van der Waals surface area contributed by atoms with E-state index in [1.165, 1.54) is 0 Å². The zero-order valence-corrected chi connectivity index (χ0v) is 53.2. The number of aliphatic hydroxyl groups is 2. The van der Waals surface area contributed by atoms with Crippen molar-refractivity contribution < 1.29 is 67.2 Å². The maximum absolute atomic E-state index is 14.0. The lowest BCUT2D eigenvalue weighted by Crippen LogP contribution is -2.62. The molecule has 0 amide bonds. The van der Waals surface area contributed by atoms with Gasteiger partial charge in [-0.3, -0.25) is 0 Å². The van der Waals surface area contributed by atoms with Crippen molar-refractivity contribution in [2.75, 3.05) is 10.7 Å². The van der Waals surface area contributed by atoms with Crippen LogP contribution in [0.4, 0.5) is 0 Å². The molecule has 0 aromatic heterocycles. The Kier molecular flexibility index (Phi) is 17.2. The van der Waals surface area contributed by atoms with E-state index in [2.05, 4.69) is 72.8 Å². The fourth-order valence-corrected chi connectivity index (χ4v) is 17.2. The fraction of sp³-hybridized carbons (Fsp3) is 0.528. The first-order valence-electron chi connectivity index (χ1n) is 32.7. The second-order valence-corrected chi connectivity index (χ2v) is 28.0. The lowest BCUT2D eigenvalue weighted by Gasteiger charge is -2.40. The Hall–Kier alpha value is -4.46. The molecule has 0 bridgehead atoms. The standard InChI is InChI=1S/2C35H36O7.2CH2Cl2/c2*36-27-28(38-33(37)24-15-13-22-11-10-20-8-7-9-21-12-14-23(24)26(22)25(20)21)30-32(42-35(40-30)18-5-2-6-19-35)31-29(27)39-34(41-31)16-3-1-4-17-34;2*2-1-3/h2*7-15,27-32,36H,1-6,16-19H2;2*1H2/t2*27-,28-,29+,30-,31-,32-;;/m11../s1. The number of fused-ring (bicyclic) bond motifs is 6. The maximum Gasteiger partial charge on any atom is 0.339 e. The monoisotopic (exact) mass is 1300 g/mol. The molecule has 4 aliphatic heterocycles. The molecule has 0 radical (unpaired) electrons. The highest BCUT2D eigenvalue weighted by Crippen LogP contribution is 2.55. The Balaban J connectivity index is 0.000000138. The number of benzene rings is 8. The van der Waals surface area contributed by atoms with Gasteiger partial charge in [-0.25, -0.2) is 9.59 Å². The van der Waals surface area contributed by atoms with E-state index in [4.69, 9.17) is 93.8 Å². The number of hydrogen-bond donors (Lipinski definition) is 2. The minimum Gasteiger partial charge on any atom is -0.453 e. The highest BCUT2D eigenvalue weighted by molar-refractivity contribution is 6.41. The van der Waals surface area contributed by atoms with E-state index >= 15 is 0 Å². The molecule has 14 nitrogen and oxygen atoms in total. The molecule has 8 aromatic carbocycles. The summed E-state index contributed by atoms with van der Waals surface area (Å²) >= 11 is 19.1. The van der Waals surface area contributed by atoms with Crippen LogP contribution in [0, 0.1) is 0 Å². The quantitative estimate of drug-likeness (QED) is 0.0970. The summed E-state index contributed by atoms with van der Waals surface area (Å²) in [6.07, 6.45) is 10.6. The van der Waals surface area contributed by atoms with Crippen molar-refractivity contribution in [1.82, 2.24) is 0 Å². The number of rotatable bonds is 4. The number of hydrogen-bond acceptors (Lipinski definition) is 14. The maximum atomic E-state index is 14.0. The predicted octanol–water partition coefficient (Wildman–Crippen LogP) is 15.6. The van der Waals surface area contributed by atoms with Gasteiger partial charge in [0.05, 0.1) is 21.8 Å². The van der Waals surface area contributed by atoms with Crippen LogP contribution in [0.1, 0.15) is 149 Å². The molecule has 4 spiro atoms. The number of alkyl halides is 4. The average molecular weight is 1310 g/mol. The molecule has 18 rings (SSSR count). The van der Waals surface area contributed by atoms with Crippen LogP contribution in [0.5, 0.6) is 0 Å². The predicted molar refractivity (Wildman–Crippen MR) is 346 cm³/mol. The lowest BCUT2D eigenvalue weighted by atomic mass is 9.85. The molecule has 6 saturated carbocycles. The van der Waals surface area contributed by atoms with E-state index in [-0.39, 0.29) is 10.7 Å². The van der Waals surface area contributed by atoms with Gasteiger partial charge < -0.3 is 57.6 Å². The van der Waals surface area contributed by atoms with Crippen LogP contribution in [0.25, 0.3) is 64.6 Å². The van der Waals surface area contributed by atoms with Crippen molar-refractivity contribution in [3.8, 4) is 0 Å². The average Bonchev–Trinajstić information content (AvgIpc) is 1.50. The van der Waals surface area contributed by atoms with Gasteiger partial charge in [-0.2, -0.15) is 0 Å². The summed E-state index contributed by atoms with van der Waals surface area (Å²) in [5.41, 5.74) is 0.954. The van der Waals surface area contributed by atoms with Crippen LogP contribution in [0.2, 0.25) is 0 Å². The molecule has 90 heavy (non-hydrogen) atoms. The van der Waals surface area contributed by atoms with E-state index < -0.39 is 108 Å². The summed E-state index contributed by atoms with van der Waals surface area (Å²) in [7, 11) is 0. The van der Waals surface area contributed by atoms with Gasteiger partial charge in [-0.1, -0.05) is 123 Å². The van der Waals surface area contributed by atoms with Crippen molar-refractivity contribution >= 4 is 123 Å². The number of halogens is 4. The minimum absolute atomic E-state index is 0.194. The van der Waals surface area contributed by atoms with Crippen LogP contribution < -0.4 is 0 Å². The van der Waals surface area contributed by atoms with Gasteiger partial charge in [0.1, 0.15) is 61.0 Å². The molecule has 476 valence electrons. The number of esters is 2. The van der Waals surface area contributed by atoms with E-state index in [0.717, 1.165) is 193 Å². The minimum atomic E-state index is -1.09. The van der Waals surface area contributed by atoms with Crippen molar-refractivity contribution in [3.63, 3.8) is 0 Å². The fourth-order valence-electron chi connectivity index (χ4n) is 17.2. The first-order chi connectivity index (χ1) is 43.9. The highest BCUT2D eigenvalue weighted by atomic mass is 35.5. The van der Waals surface area contributed by atoms with Crippen LogP contribution in [-0.2, 0) is 47.4 Å². The van der Waals surface area contributed by atoms with Gasteiger partial charge in [0, 0.05) is 51.4 Å². The molecule has 4 saturated heterocycles. The molecule has 6 aliphatic carbocycles. The SMILES string of the molecule is ClCCl.ClCCl.O=C(O[C@@H]1[C@@H](O)[C@@H]2OC3(CCCCC3)O[C@H]2[C@@H]2OC3(CCCCC3)O[C@@H]21)c1ccc2ccc3cccc4ccc1c2c34.O=C(O[C@@H]1[C@@H](O)[C@@H]2OC3(CCCCC3)O[C@H]2[C@@H]2OC3(CCCCC3)O[C@@H]21)c1ccc2ccc3cccc4ccc1c2c34. The third-order valence-corrected chi connectivity index (χ3v) is 21.2. The largest absolute Gasteiger partial charge is 0.453 e. The summed E-state index contributed by atoms with van der Waals surface area (Å²) in [6.45, 7) is 0. The molecule has 0 unspecified atom stereocenters. The summed E-state index contributed by atoms with van der Waals surface area (Å²) in [5.74, 6) is -3.84. The lowest BCUT2D eigenvalue weighted by molar-refractivity contribution is -0.224. The topological polar surface area (TPSA) is 167 Å². The first kappa shape index (κ1) is 61.7. The van der Waals surface area contributed by atoms with E-state index in [9.17, 15) is 19.8 Å². The summed E-state index contributed by atoms with van der Waals surface area (Å²) < 4.78 is 65.8. The van der Waals surface area contributed by atoms with Crippen molar-refractivity contribution in [2.45, 2.75) is 225 Å². The van der Waals surface area contributed by atoms with Crippen LogP contribution in [-0.4, -0.2) is 129 Å². The molecule has 18 heteroatoms. The highest BCUT2D eigenvalue weighted by Gasteiger charge is 2.69. The summed E-state index contributed by atoms with van der Waals surface area (Å²) in [6, 6.07) is 36.7. The first-order valence-corrected chi connectivity index (χ1v) is 34.8. The number of carbonyl (C=O) groups excluding carboxylic acids is 2. The van der Waals surface area contributed by atoms with Crippen LogP contribution in [0.3, 0.4) is 0 Å². The smallest absolute Gasteiger partial charge is 0.339 e. The van der Waals surface area contributed by atoms with Gasteiger partial charge in [-0.05, 0) is 128 Å². The van der Waals surface area contributed by atoms with E-state index in [1.54, 1.807) is 0 Å². The normalized spacial score (nSPS) is 31.6. The summed E-state index contributed by atoms with van der Waals surface area (Å²) in [5, 5.41) is 36.8. The Morgan fingerprint density at radius 3 is 0.900 bits per heavy atom. The molecule has 8 aromatic rings. The number of carbonyl (C=O) groups is 2.